The summed E-state index contributed by atoms with van der Waals surface area (Å²) in [5, 5.41) is 0. The van der Waals surface area contributed by atoms with Crippen molar-refractivity contribution in [2.24, 2.45) is 0 Å². The van der Waals surface area contributed by atoms with Gasteiger partial charge in [0, 0.05) is 0 Å². The molecule has 0 saturated carbocycles. The molecular weight excluding hydrogens is 497 g/mol. The number of rotatable bonds is 17. The topological polar surface area (TPSA) is 55.8 Å². The summed E-state index contributed by atoms with van der Waals surface area (Å²) >= 11 is -2.23. The minimum absolute atomic E-state index is 0.220. The molecule has 0 aromatic heterocycles. The number of hydrogen-bond acceptors (Lipinski definition) is 4. The molecular formula is C25H41NO4Sn. The summed E-state index contributed by atoms with van der Waals surface area (Å²) in [5.41, 5.74) is 0.983. The number of carbonyl (C=O) groups excluding carboxylic acids is 2. The number of fused-ring (bicyclic) bond motifs is 1. The fraction of sp³-hybridized carbons (Fsp3) is 0.680. The van der Waals surface area contributed by atoms with Gasteiger partial charge in [0.1, 0.15) is 0 Å². The van der Waals surface area contributed by atoms with Gasteiger partial charge in [-0.25, -0.2) is 0 Å². The van der Waals surface area contributed by atoms with Gasteiger partial charge in [-0.05, 0) is 0 Å². The summed E-state index contributed by atoms with van der Waals surface area (Å²) in [6, 6.07) is 6.98. The Bertz CT molecular complexity index is 637. The average molecular weight is 538 g/mol. The molecule has 0 spiro atoms. The first-order valence-corrected chi connectivity index (χ1v) is 20.3. The number of hydrogen-bond donors (Lipinski definition) is 0. The summed E-state index contributed by atoms with van der Waals surface area (Å²) in [4.78, 5) is 26.0. The molecule has 1 aliphatic heterocycles. The number of ether oxygens (including phenoxy) is 2. The Morgan fingerprint density at radius 1 is 0.742 bits per heavy atom. The van der Waals surface area contributed by atoms with Crippen molar-refractivity contribution >= 4 is 30.2 Å². The number of benzene rings is 1. The Balaban J connectivity index is 1.72. The van der Waals surface area contributed by atoms with E-state index in [0.29, 0.717) is 37.5 Å². The number of carbonyl (C=O) groups is 2. The molecule has 0 radical (unpaired) electrons. The van der Waals surface area contributed by atoms with Crippen molar-refractivity contribution in [1.29, 1.82) is 0 Å². The summed E-state index contributed by atoms with van der Waals surface area (Å²) in [7, 11) is 0. The predicted molar refractivity (Wildman–Crippen MR) is 128 cm³/mol. The number of amides is 2. The number of imide groups is 1. The van der Waals surface area contributed by atoms with Crippen molar-refractivity contribution in [3.8, 4) is 0 Å². The Labute approximate surface area is 192 Å². The molecule has 0 atom stereocenters. The van der Waals surface area contributed by atoms with E-state index >= 15 is 0 Å². The van der Waals surface area contributed by atoms with Crippen LogP contribution in [0, 0.1) is 0 Å². The van der Waals surface area contributed by atoms with Gasteiger partial charge in [-0.3, -0.25) is 0 Å². The molecule has 0 bridgehead atoms. The van der Waals surface area contributed by atoms with Crippen molar-refractivity contribution in [3.63, 3.8) is 0 Å². The number of nitrogens with zero attached hydrogens (tertiary/aromatic N) is 1. The molecule has 5 nitrogen and oxygen atoms in total. The van der Waals surface area contributed by atoms with E-state index in [1.807, 2.05) is 0 Å². The molecule has 6 heteroatoms. The standard InChI is InChI=1S/C13H14NO4.3C4H9.Sn/c1-17-8-9-18-7-6-14-12(15)10-4-2-3-5-11(10)13(14)16;3*1-3-4-2;/h2-5H,1,6-9H2;3*1,3-4H2,2H3;. The molecule has 2 rings (SSSR count). The third-order valence-electron chi connectivity index (χ3n) is 6.30. The van der Waals surface area contributed by atoms with Crippen molar-refractivity contribution < 1.29 is 19.1 Å². The van der Waals surface area contributed by atoms with Crippen LogP contribution < -0.4 is 0 Å². The quantitative estimate of drug-likeness (QED) is 0.145. The monoisotopic (exact) mass is 539 g/mol. The van der Waals surface area contributed by atoms with E-state index in [4.69, 9.17) is 9.47 Å². The van der Waals surface area contributed by atoms with Crippen LogP contribution in [-0.4, -0.2) is 66.1 Å². The molecule has 1 aliphatic rings. The molecule has 0 saturated heterocycles. The van der Waals surface area contributed by atoms with Crippen LogP contribution in [-0.2, 0) is 9.47 Å². The molecule has 174 valence electrons. The van der Waals surface area contributed by atoms with Crippen LogP contribution in [0.15, 0.2) is 24.3 Å². The van der Waals surface area contributed by atoms with E-state index in [1.54, 1.807) is 24.3 Å². The fourth-order valence-corrected chi connectivity index (χ4v) is 18.8. The molecule has 1 aromatic carbocycles. The molecule has 0 fully saturated rings. The zero-order valence-corrected chi connectivity index (χ0v) is 22.6. The summed E-state index contributed by atoms with van der Waals surface area (Å²) < 4.78 is 17.2. The van der Waals surface area contributed by atoms with Gasteiger partial charge in [0.05, 0.1) is 0 Å². The minimum atomic E-state index is -2.23. The Kier molecular flexibility index (Phi) is 12.1. The van der Waals surface area contributed by atoms with E-state index in [9.17, 15) is 9.59 Å². The van der Waals surface area contributed by atoms with Crippen molar-refractivity contribution in [3.05, 3.63) is 35.4 Å². The molecule has 0 N–H and O–H groups in total. The second-order valence-electron chi connectivity index (χ2n) is 8.78. The second kappa shape index (κ2) is 14.3. The van der Waals surface area contributed by atoms with Crippen molar-refractivity contribution in [1.82, 2.24) is 4.90 Å². The van der Waals surface area contributed by atoms with Crippen LogP contribution in [0.4, 0.5) is 0 Å². The molecule has 0 unspecified atom stereocenters. The van der Waals surface area contributed by atoms with E-state index in [-0.39, 0.29) is 11.8 Å². The predicted octanol–water partition coefficient (Wildman–Crippen LogP) is 5.70. The SMILES string of the molecule is CCC[CH2][Sn]([CH2]CCC)([CH2]CCC)[CH2]OCCOCCN1C(=O)c2ccccc2C1=O. The molecule has 31 heavy (non-hydrogen) atoms. The second-order valence-corrected chi connectivity index (χ2v) is 22.5. The Morgan fingerprint density at radius 2 is 1.23 bits per heavy atom. The van der Waals surface area contributed by atoms with Crippen LogP contribution in [0.5, 0.6) is 0 Å². The normalized spacial score (nSPS) is 13.8. The number of unbranched alkanes of at least 4 members (excludes halogenated alkanes) is 3. The van der Waals surface area contributed by atoms with Gasteiger partial charge >= 0.3 is 193 Å². The van der Waals surface area contributed by atoms with Crippen molar-refractivity contribution in [2.45, 2.75) is 72.6 Å². The fourth-order valence-electron chi connectivity index (χ4n) is 4.35. The maximum atomic E-state index is 12.4. The van der Waals surface area contributed by atoms with Gasteiger partial charge in [-0.2, -0.15) is 0 Å². The molecule has 1 heterocycles. The first-order valence-electron chi connectivity index (χ1n) is 12.2. The van der Waals surface area contributed by atoms with Crippen LogP contribution in [0.1, 0.15) is 80.0 Å². The van der Waals surface area contributed by atoms with Gasteiger partial charge in [0.25, 0.3) is 0 Å². The van der Waals surface area contributed by atoms with E-state index in [0.717, 1.165) is 4.62 Å². The van der Waals surface area contributed by atoms with E-state index < -0.39 is 18.4 Å². The Morgan fingerprint density at radius 3 is 1.71 bits per heavy atom. The average Bonchev–Trinajstić information content (AvgIpc) is 3.04. The summed E-state index contributed by atoms with van der Waals surface area (Å²) in [6.07, 6.45) is 7.88. The summed E-state index contributed by atoms with van der Waals surface area (Å²) in [5.74, 6) is -0.441. The third-order valence-corrected chi connectivity index (χ3v) is 20.7. The zero-order valence-electron chi connectivity index (χ0n) is 19.8. The van der Waals surface area contributed by atoms with Crippen molar-refractivity contribution in [2.75, 3.05) is 31.0 Å². The van der Waals surface area contributed by atoms with E-state index in [1.165, 1.54) is 56.7 Å². The van der Waals surface area contributed by atoms with Gasteiger partial charge in [0.15, 0.2) is 0 Å². The molecule has 2 amide bonds. The van der Waals surface area contributed by atoms with Crippen LogP contribution in [0.2, 0.25) is 13.3 Å². The van der Waals surface area contributed by atoms with Crippen LogP contribution in [0.3, 0.4) is 0 Å². The van der Waals surface area contributed by atoms with Crippen LogP contribution >= 0.6 is 0 Å². The van der Waals surface area contributed by atoms with Gasteiger partial charge in [-0.1, -0.05) is 0 Å². The van der Waals surface area contributed by atoms with Gasteiger partial charge in [0.2, 0.25) is 0 Å². The van der Waals surface area contributed by atoms with Gasteiger partial charge < -0.3 is 0 Å². The third kappa shape index (κ3) is 7.86. The van der Waals surface area contributed by atoms with Gasteiger partial charge in [-0.15, -0.1) is 0 Å². The maximum absolute atomic E-state index is 12.4. The Hall–Kier alpha value is -0.921. The first-order chi connectivity index (χ1) is 15.1. The summed E-state index contributed by atoms with van der Waals surface area (Å²) in [6.45, 7) is 8.63. The van der Waals surface area contributed by atoms with Crippen LogP contribution in [0.25, 0.3) is 0 Å². The zero-order chi connectivity index (χ0) is 22.5. The molecule has 0 aliphatic carbocycles. The molecule has 1 aromatic rings. The first kappa shape index (κ1) is 26.3. The van der Waals surface area contributed by atoms with E-state index in [2.05, 4.69) is 20.8 Å².